The van der Waals surface area contributed by atoms with Crippen molar-refractivity contribution in [1.82, 2.24) is 0 Å². The Kier molecular flexibility index (Phi) is 38.8. The van der Waals surface area contributed by atoms with E-state index < -0.39 is 26.0 Å². The molecular weight excluding hydrogens is 713 g/mol. The van der Waals surface area contributed by atoms with E-state index in [-0.39, 0.29) is 32.8 Å². The summed E-state index contributed by atoms with van der Waals surface area (Å²) in [6.45, 7) is 3.89. The van der Waals surface area contributed by atoms with Gasteiger partial charge in [0.25, 0.3) is 0 Å². The molecule has 0 spiro atoms. The Bertz CT molecular complexity index is 1170. The number of ether oxygens (including phenoxy) is 2. The molecule has 0 saturated carbocycles. The highest BCUT2D eigenvalue weighted by atomic mass is 31.2. The quantitative estimate of drug-likeness (QED) is 0.0139. The summed E-state index contributed by atoms with van der Waals surface area (Å²) in [5, 5.41) is 9.99. The van der Waals surface area contributed by atoms with Gasteiger partial charge in [-0.05, 0) is 83.1 Å². The van der Waals surface area contributed by atoms with E-state index in [1.165, 1.54) is 64.2 Å². The normalized spacial score (nSPS) is 15.0. The molecule has 0 rings (SSSR count). The number of hydrogen-bond donors (Lipinski definition) is 3. The Hall–Kier alpha value is -2.78. The van der Waals surface area contributed by atoms with Gasteiger partial charge in [0, 0.05) is 13.0 Å². The summed E-state index contributed by atoms with van der Waals surface area (Å²) < 4.78 is 33.0. The number of hydrogen-bond acceptors (Lipinski definition) is 8. The summed E-state index contributed by atoms with van der Waals surface area (Å²) >= 11 is 0. The van der Waals surface area contributed by atoms with Crippen LogP contribution in [0.25, 0.3) is 0 Å². The van der Waals surface area contributed by atoms with Crippen molar-refractivity contribution >= 4 is 13.8 Å². The van der Waals surface area contributed by atoms with Crippen molar-refractivity contribution in [3.05, 3.63) is 97.4 Å². The first-order valence-electron chi connectivity index (χ1n) is 20.9. The van der Waals surface area contributed by atoms with E-state index in [0.29, 0.717) is 12.8 Å². The predicted octanol–water partition coefficient (Wildman–Crippen LogP) is 11.6. The average molecular weight is 790 g/mol. The maximum Gasteiger partial charge on any atom is 0.472 e. The zero-order valence-corrected chi connectivity index (χ0v) is 35.1. The summed E-state index contributed by atoms with van der Waals surface area (Å²) in [6.07, 6.45) is 51.3. The van der Waals surface area contributed by atoms with Crippen LogP contribution in [-0.2, 0) is 27.9 Å². The van der Waals surface area contributed by atoms with Gasteiger partial charge in [-0.15, -0.1) is 0 Å². The number of nitrogens with two attached hydrogens (primary N) is 1. The number of aliphatic hydroxyl groups is 1. The highest BCUT2D eigenvalue weighted by Gasteiger charge is 2.24. The number of unbranched alkanes of at least 4 members (excludes halogenated alkanes) is 11. The second-order valence-electron chi connectivity index (χ2n) is 13.4. The number of esters is 1. The predicted molar refractivity (Wildman–Crippen MR) is 229 cm³/mol. The van der Waals surface area contributed by atoms with Gasteiger partial charge in [0.2, 0.25) is 0 Å². The number of carbonyl (C=O) groups is 1. The van der Waals surface area contributed by atoms with Crippen LogP contribution in [0.2, 0.25) is 0 Å². The van der Waals surface area contributed by atoms with Gasteiger partial charge in [-0.1, -0.05) is 144 Å². The molecule has 0 aliphatic rings. The lowest BCUT2D eigenvalue weighted by Crippen LogP contribution is -2.25. The summed E-state index contributed by atoms with van der Waals surface area (Å²) in [5.74, 6) is -0.397. The maximum atomic E-state index is 12.4. The van der Waals surface area contributed by atoms with E-state index in [1.807, 2.05) is 42.5 Å². The van der Waals surface area contributed by atoms with Crippen LogP contribution in [0, 0.1) is 0 Å². The van der Waals surface area contributed by atoms with Crippen molar-refractivity contribution in [2.75, 3.05) is 26.4 Å². The van der Waals surface area contributed by atoms with Crippen LogP contribution in [0.4, 0.5) is 0 Å². The molecule has 0 aromatic heterocycles. The molecule has 0 radical (unpaired) electrons. The van der Waals surface area contributed by atoms with Crippen molar-refractivity contribution in [1.29, 1.82) is 0 Å². The summed E-state index contributed by atoms with van der Waals surface area (Å²) in [7, 11) is -4.30. The van der Waals surface area contributed by atoms with Crippen LogP contribution in [0.1, 0.15) is 142 Å². The molecule has 0 aromatic carbocycles. The second kappa shape index (κ2) is 40.9. The van der Waals surface area contributed by atoms with E-state index in [1.54, 1.807) is 12.3 Å². The number of carbonyl (C=O) groups excluding carboxylic acids is 1. The van der Waals surface area contributed by atoms with Crippen molar-refractivity contribution in [3.63, 3.8) is 0 Å². The van der Waals surface area contributed by atoms with E-state index in [2.05, 4.69) is 56.4 Å². The van der Waals surface area contributed by atoms with Crippen LogP contribution in [-0.4, -0.2) is 54.5 Å². The van der Waals surface area contributed by atoms with Gasteiger partial charge in [0.15, 0.2) is 6.10 Å². The molecule has 0 aliphatic heterocycles. The SMILES string of the molecule is CC/C=C\C/C=C\CC(O)/C=C/C=C\C/C=C\C/C=C\CCC(=O)OC[C@H](COP(=O)(O)OCCN)O/C=C/CCCCCCCC/C=C\CCCCCC. The fraction of sp³-hybridized carbons (Fsp3) is 0.622. The maximum absolute atomic E-state index is 12.4. The number of allylic oxidation sites excluding steroid dienone is 13. The largest absolute Gasteiger partial charge is 0.492 e. The molecule has 0 aromatic rings. The molecular formula is C45H76NO8P. The Morgan fingerprint density at radius 2 is 1.25 bits per heavy atom. The monoisotopic (exact) mass is 790 g/mol. The molecule has 0 heterocycles. The minimum atomic E-state index is -4.30. The number of rotatable bonds is 38. The molecule has 55 heavy (non-hydrogen) atoms. The Morgan fingerprint density at radius 3 is 1.93 bits per heavy atom. The van der Waals surface area contributed by atoms with Gasteiger partial charge >= 0.3 is 13.8 Å². The van der Waals surface area contributed by atoms with Gasteiger partial charge < -0.3 is 25.2 Å². The molecule has 9 nitrogen and oxygen atoms in total. The molecule has 0 amide bonds. The molecule has 10 heteroatoms. The smallest absolute Gasteiger partial charge is 0.472 e. The third-order valence-electron chi connectivity index (χ3n) is 8.17. The lowest BCUT2D eigenvalue weighted by Gasteiger charge is -2.19. The van der Waals surface area contributed by atoms with Crippen molar-refractivity contribution in [2.45, 2.75) is 154 Å². The van der Waals surface area contributed by atoms with Crippen LogP contribution < -0.4 is 5.73 Å². The lowest BCUT2D eigenvalue weighted by molar-refractivity contribution is -0.147. The van der Waals surface area contributed by atoms with Crippen molar-refractivity contribution < 1.29 is 37.9 Å². The molecule has 0 aliphatic carbocycles. The van der Waals surface area contributed by atoms with E-state index >= 15 is 0 Å². The third-order valence-corrected chi connectivity index (χ3v) is 9.15. The molecule has 0 saturated heterocycles. The van der Waals surface area contributed by atoms with Gasteiger partial charge in [-0.3, -0.25) is 13.8 Å². The molecule has 4 N–H and O–H groups in total. The molecule has 0 fully saturated rings. The third kappa shape index (κ3) is 40.7. The fourth-order valence-electron chi connectivity index (χ4n) is 5.02. The van der Waals surface area contributed by atoms with Crippen LogP contribution in [0.5, 0.6) is 0 Å². The molecule has 2 unspecified atom stereocenters. The van der Waals surface area contributed by atoms with Crippen LogP contribution in [0.15, 0.2) is 97.4 Å². The van der Waals surface area contributed by atoms with Gasteiger partial charge in [0.05, 0.1) is 25.6 Å². The standard InChI is InChI=1S/C45H76NO8P/c1-3-5-7-9-11-12-13-14-15-16-17-20-23-26-30-34-39-51-44(42-54-55(49,50)53-40-38-46)41-52-45(48)37-33-29-25-22-19-18-21-24-28-32-36-43(47)35-31-27-10-8-6-4-2/h6,8,12-13,18-19,24-25,27-29,31-32,34,36,39,43-44,47H,3-5,7,9-11,14-17,20-23,26,30,33,35,37-38,40-42,46H2,1-2H3,(H,49,50)/b8-6-,13-12-,19-18-,28-24-,29-25-,31-27-,36-32+,39-34+/t43?,44-/m1/s1. The summed E-state index contributed by atoms with van der Waals surface area (Å²) in [5.41, 5.74) is 5.35. The summed E-state index contributed by atoms with van der Waals surface area (Å²) in [6, 6.07) is 0. The lowest BCUT2D eigenvalue weighted by atomic mass is 10.1. The average Bonchev–Trinajstić information content (AvgIpc) is 3.17. The first kappa shape index (κ1) is 52.2. The zero-order chi connectivity index (χ0) is 40.3. The Balaban J connectivity index is 4.32. The first-order valence-corrected chi connectivity index (χ1v) is 22.4. The minimum Gasteiger partial charge on any atom is -0.492 e. The Morgan fingerprint density at radius 1 is 0.673 bits per heavy atom. The van der Waals surface area contributed by atoms with Crippen molar-refractivity contribution in [2.24, 2.45) is 5.73 Å². The molecule has 314 valence electrons. The van der Waals surface area contributed by atoms with Gasteiger partial charge in [-0.2, -0.15) is 0 Å². The molecule has 0 bridgehead atoms. The highest BCUT2D eigenvalue weighted by molar-refractivity contribution is 7.47. The topological polar surface area (TPSA) is 138 Å². The van der Waals surface area contributed by atoms with Crippen molar-refractivity contribution in [3.8, 4) is 0 Å². The number of aliphatic hydroxyl groups excluding tert-OH is 1. The van der Waals surface area contributed by atoms with E-state index in [0.717, 1.165) is 44.9 Å². The minimum absolute atomic E-state index is 0.0772. The van der Waals surface area contributed by atoms with Crippen LogP contribution in [0.3, 0.4) is 0 Å². The first-order chi connectivity index (χ1) is 26.8. The second-order valence-corrected chi connectivity index (χ2v) is 14.8. The van der Waals surface area contributed by atoms with E-state index in [9.17, 15) is 19.4 Å². The van der Waals surface area contributed by atoms with Gasteiger partial charge in [-0.25, -0.2) is 4.57 Å². The van der Waals surface area contributed by atoms with Crippen LogP contribution >= 0.6 is 7.82 Å². The highest BCUT2D eigenvalue weighted by Crippen LogP contribution is 2.43. The molecule has 3 atom stereocenters. The van der Waals surface area contributed by atoms with E-state index in [4.69, 9.17) is 24.3 Å². The van der Waals surface area contributed by atoms with Gasteiger partial charge in [0.1, 0.15) is 6.61 Å². The number of phosphoric acid groups is 1. The number of phosphoric ester groups is 1. The zero-order valence-electron chi connectivity index (χ0n) is 34.2. The summed E-state index contributed by atoms with van der Waals surface area (Å²) in [4.78, 5) is 22.2. The Labute approximate surface area is 334 Å². The fourth-order valence-corrected chi connectivity index (χ4v) is 5.79.